The molecule has 9 heteroatoms. The molecule has 4 heterocycles. The molecule has 3 aromatic rings. The number of imidazole rings is 1. The first-order chi connectivity index (χ1) is 13.9. The Balaban J connectivity index is 1.29. The Morgan fingerprint density at radius 1 is 1.21 bits per heavy atom. The van der Waals surface area contributed by atoms with E-state index in [1.165, 1.54) is 18.3 Å². The van der Waals surface area contributed by atoms with Crippen LogP contribution in [-0.2, 0) is 19.6 Å². The van der Waals surface area contributed by atoms with Gasteiger partial charge in [0.15, 0.2) is 0 Å². The second-order valence-electron chi connectivity index (χ2n) is 7.77. The Kier molecular flexibility index (Phi) is 3.88. The van der Waals surface area contributed by atoms with E-state index in [1.54, 1.807) is 16.7 Å². The van der Waals surface area contributed by atoms with Gasteiger partial charge in [-0.05, 0) is 47.7 Å². The molecule has 148 valence electrons. The molecule has 0 unspecified atom stereocenters. The fourth-order valence-corrected chi connectivity index (χ4v) is 4.05. The molecule has 2 aromatic heterocycles. The third-order valence-corrected chi connectivity index (χ3v) is 5.29. The van der Waals surface area contributed by atoms with Crippen molar-refractivity contribution in [3.05, 3.63) is 69.8 Å². The van der Waals surface area contributed by atoms with Crippen LogP contribution in [0.3, 0.4) is 0 Å². The number of aromatic nitrogens is 3. The van der Waals surface area contributed by atoms with Gasteiger partial charge >= 0.3 is 11.8 Å². The zero-order valence-electron chi connectivity index (χ0n) is 15.7. The van der Waals surface area contributed by atoms with Crippen molar-refractivity contribution in [1.82, 2.24) is 19.4 Å². The summed E-state index contributed by atoms with van der Waals surface area (Å²) in [6.45, 7) is 4.57. The molecule has 29 heavy (non-hydrogen) atoms. The summed E-state index contributed by atoms with van der Waals surface area (Å²) in [6.07, 6.45) is 1.41. The molecule has 0 fully saturated rings. The number of hydrogen-bond donors (Lipinski definition) is 0. The molecule has 8 nitrogen and oxygen atoms in total. The van der Waals surface area contributed by atoms with Crippen LogP contribution >= 0.6 is 0 Å². The Morgan fingerprint density at radius 3 is 2.72 bits per heavy atom. The van der Waals surface area contributed by atoms with Crippen LogP contribution in [0.4, 0.5) is 10.2 Å². The number of rotatable bonds is 4. The predicted molar refractivity (Wildman–Crippen MR) is 102 cm³/mol. The molecule has 0 radical (unpaired) electrons. The van der Waals surface area contributed by atoms with E-state index in [1.807, 2.05) is 13.0 Å². The number of ether oxygens (including phenoxy) is 1. The summed E-state index contributed by atoms with van der Waals surface area (Å²) in [6, 6.07) is 10.6. The van der Waals surface area contributed by atoms with Gasteiger partial charge in [-0.25, -0.2) is 4.39 Å². The average molecular weight is 395 g/mol. The van der Waals surface area contributed by atoms with Gasteiger partial charge in [0, 0.05) is 30.2 Å². The maximum atomic E-state index is 13.2. The molecular weight excluding hydrogens is 377 g/mol. The number of nitro groups is 1. The number of halogens is 1. The van der Waals surface area contributed by atoms with Crippen molar-refractivity contribution in [2.24, 2.45) is 0 Å². The molecule has 0 saturated carbocycles. The van der Waals surface area contributed by atoms with E-state index in [4.69, 9.17) is 9.72 Å². The largest absolute Gasteiger partial charge is 0.436 e. The van der Waals surface area contributed by atoms with Crippen LogP contribution in [0.2, 0.25) is 0 Å². The normalized spacial score (nSPS) is 20.3. The van der Waals surface area contributed by atoms with Crippen LogP contribution in [0.1, 0.15) is 18.2 Å². The molecule has 2 aliphatic rings. The Hall–Kier alpha value is -3.33. The summed E-state index contributed by atoms with van der Waals surface area (Å²) in [5.74, 6) is -0.468. The van der Waals surface area contributed by atoms with Crippen LogP contribution in [0.5, 0.6) is 6.01 Å². The third kappa shape index (κ3) is 3.23. The lowest BCUT2D eigenvalue weighted by atomic mass is 10.1. The molecule has 0 spiro atoms. The molecular formula is C20H18FN5O3. The van der Waals surface area contributed by atoms with Crippen LogP contribution in [0.15, 0.2) is 42.6 Å². The fraction of sp³-hybridized carbons (Fsp3) is 0.300. The Morgan fingerprint density at radius 2 is 2.00 bits per heavy atom. The van der Waals surface area contributed by atoms with Gasteiger partial charge in [-0.1, -0.05) is 6.07 Å². The first kappa shape index (κ1) is 17.7. The van der Waals surface area contributed by atoms with Gasteiger partial charge in [-0.2, -0.15) is 0 Å². The van der Waals surface area contributed by atoms with Crippen molar-refractivity contribution in [3.63, 3.8) is 0 Å². The first-order valence-corrected chi connectivity index (χ1v) is 9.26. The van der Waals surface area contributed by atoms with Gasteiger partial charge in [-0.3, -0.25) is 14.5 Å². The Bertz CT molecular complexity index is 1090. The van der Waals surface area contributed by atoms with E-state index < -0.39 is 10.5 Å². The number of hydrogen-bond acceptors (Lipinski definition) is 6. The molecule has 1 atom stereocenters. The van der Waals surface area contributed by atoms with Gasteiger partial charge in [0.25, 0.3) is 0 Å². The molecule has 0 saturated heterocycles. The van der Waals surface area contributed by atoms with E-state index in [0.29, 0.717) is 19.6 Å². The van der Waals surface area contributed by atoms with Gasteiger partial charge in [0.2, 0.25) is 0 Å². The van der Waals surface area contributed by atoms with Gasteiger partial charge in [-0.15, -0.1) is 0 Å². The second kappa shape index (κ2) is 6.35. The quantitative estimate of drug-likeness (QED) is 0.498. The summed E-state index contributed by atoms with van der Waals surface area (Å²) in [5.41, 5.74) is 3.35. The number of nitrogens with zero attached hydrogens (tertiary/aromatic N) is 5. The molecule has 5 rings (SSSR count). The highest BCUT2D eigenvalue weighted by molar-refractivity contribution is 5.59. The van der Waals surface area contributed by atoms with Gasteiger partial charge < -0.3 is 14.9 Å². The van der Waals surface area contributed by atoms with Crippen molar-refractivity contribution >= 4 is 5.82 Å². The zero-order chi connectivity index (χ0) is 20.2. The van der Waals surface area contributed by atoms with Gasteiger partial charge in [0.05, 0.1) is 17.9 Å². The van der Waals surface area contributed by atoms with E-state index in [-0.39, 0.29) is 17.6 Å². The zero-order valence-corrected chi connectivity index (χ0v) is 15.7. The number of benzene rings is 1. The molecule has 1 aromatic carbocycles. The first-order valence-electron chi connectivity index (χ1n) is 9.26. The highest BCUT2D eigenvalue weighted by Crippen LogP contribution is 2.33. The smallest absolute Gasteiger partial charge is 0.415 e. The summed E-state index contributed by atoms with van der Waals surface area (Å²) >= 11 is 0. The highest BCUT2D eigenvalue weighted by Gasteiger charge is 2.42. The molecule has 0 bridgehead atoms. The van der Waals surface area contributed by atoms with Crippen LogP contribution in [0.25, 0.3) is 11.3 Å². The SMILES string of the molecule is C[C@]1(CN2Cc3ccc(-c4ccc(F)cc4)nc3C2)Cn2cc([N+](=O)[O-])nc2O1. The lowest BCUT2D eigenvalue weighted by Gasteiger charge is -2.27. The third-order valence-electron chi connectivity index (χ3n) is 5.29. The van der Waals surface area contributed by atoms with Crippen molar-refractivity contribution in [1.29, 1.82) is 0 Å². The van der Waals surface area contributed by atoms with E-state index in [2.05, 4.69) is 16.0 Å². The van der Waals surface area contributed by atoms with Crippen LogP contribution in [-0.4, -0.2) is 36.5 Å². The maximum Gasteiger partial charge on any atom is 0.415 e. The summed E-state index contributed by atoms with van der Waals surface area (Å²) in [5, 5.41) is 10.9. The van der Waals surface area contributed by atoms with Crippen molar-refractivity contribution < 1.29 is 14.1 Å². The fourth-order valence-electron chi connectivity index (χ4n) is 4.05. The summed E-state index contributed by atoms with van der Waals surface area (Å²) in [7, 11) is 0. The lowest BCUT2D eigenvalue weighted by Crippen LogP contribution is -2.43. The summed E-state index contributed by atoms with van der Waals surface area (Å²) < 4.78 is 20.8. The van der Waals surface area contributed by atoms with E-state index >= 15 is 0 Å². The molecule has 0 aliphatic carbocycles. The average Bonchev–Trinajstić information content (AvgIpc) is 3.32. The minimum Gasteiger partial charge on any atom is -0.436 e. The standard InChI is InChI=1S/C20H18FN5O3/c1-20(12-25-10-18(26(27)28)23-19(25)29-20)11-24-8-14-4-7-16(22-17(14)9-24)13-2-5-15(21)6-3-13/h2-7,10H,8-9,11-12H2,1H3/t20-/m0/s1. The highest BCUT2D eigenvalue weighted by atomic mass is 19.1. The molecule has 2 aliphatic heterocycles. The topological polar surface area (TPSA) is 86.3 Å². The van der Waals surface area contributed by atoms with Crippen molar-refractivity contribution in [2.75, 3.05) is 6.54 Å². The van der Waals surface area contributed by atoms with E-state index in [0.717, 1.165) is 29.1 Å². The van der Waals surface area contributed by atoms with E-state index in [9.17, 15) is 14.5 Å². The molecule has 0 N–H and O–H groups in total. The maximum absolute atomic E-state index is 13.2. The lowest BCUT2D eigenvalue weighted by molar-refractivity contribution is -0.389. The number of fused-ring (bicyclic) bond motifs is 2. The number of pyridine rings is 1. The van der Waals surface area contributed by atoms with Crippen LogP contribution in [0, 0.1) is 15.9 Å². The van der Waals surface area contributed by atoms with Gasteiger partial charge in [0.1, 0.15) is 17.6 Å². The minimum absolute atomic E-state index is 0.201. The minimum atomic E-state index is -0.520. The summed E-state index contributed by atoms with van der Waals surface area (Å²) in [4.78, 5) is 21.3. The monoisotopic (exact) mass is 395 g/mol. The van der Waals surface area contributed by atoms with Crippen molar-refractivity contribution in [2.45, 2.75) is 32.2 Å². The second-order valence-corrected chi connectivity index (χ2v) is 7.77. The van der Waals surface area contributed by atoms with Crippen molar-refractivity contribution in [3.8, 4) is 17.3 Å². The predicted octanol–water partition coefficient (Wildman–Crippen LogP) is 3.16. The molecule has 0 amide bonds. The van der Waals surface area contributed by atoms with Crippen LogP contribution < -0.4 is 4.74 Å². The Labute approximate surface area is 165 Å².